The minimum atomic E-state index is -0.331. The van der Waals surface area contributed by atoms with Crippen molar-refractivity contribution in [2.45, 2.75) is 26.1 Å². The van der Waals surface area contributed by atoms with Crippen LogP contribution < -0.4 is 15.5 Å². The Bertz CT molecular complexity index is 1220. The van der Waals surface area contributed by atoms with Gasteiger partial charge in [0.1, 0.15) is 18.0 Å². The Morgan fingerprint density at radius 1 is 1.07 bits per heavy atom. The number of H-pyrrole nitrogens is 1. The van der Waals surface area contributed by atoms with Crippen molar-refractivity contribution >= 4 is 34.3 Å². The average Bonchev–Trinajstić information content (AvgIpc) is 3.24. The van der Waals surface area contributed by atoms with Gasteiger partial charge in [-0.15, -0.1) is 0 Å². The highest BCUT2D eigenvalue weighted by atomic mass is 16.2. The van der Waals surface area contributed by atoms with Gasteiger partial charge in [-0.05, 0) is 37.6 Å². The average molecular weight is 399 g/mol. The third-order valence-corrected chi connectivity index (χ3v) is 5.38. The number of aryl methyl sites for hydroxylation is 1. The first-order valence-electron chi connectivity index (χ1n) is 9.79. The topological polar surface area (TPSA) is 98.8 Å². The molecule has 2 unspecified atom stereocenters. The fourth-order valence-electron chi connectivity index (χ4n) is 3.93. The second-order valence-corrected chi connectivity index (χ2v) is 7.35. The molecule has 150 valence electrons. The number of amides is 1. The molecular weight excluding hydrogens is 378 g/mol. The molecule has 0 fully saturated rings. The number of aromatic amines is 1. The summed E-state index contributed by atoms with van der Waals surface area (Å²) in [5.41, 5.74) is 4.63. The Morgan fingerprint density at radius 3 is 2.73 bits per heavy atom. The van der Waals surface area contributed by atoms with E-state index in [4.69, 9.17) is 0 Å². The highest BCUT2D eigenvalue weighted by Gasteiger charge is 2.37. The molecule has 0 spiro atoms. The quantitative estimate of drug-likeness (QED) is 0.485. The van der Waals surface area contributed by atoms with Crippen molar-refractivity contribution in [3.05, 3.63) is 72.3 Å². The maximum absolute atomic E-state index is 13.6. The summed E-state index contributed by atoms with van der Waals surface area (Å²) < 4.78 is 0. The maximum Gasteiger partial charge on any atom is 0.262 e. The molecule has 0 radical (unpaired) electrons. The molecule has 2 aromatic heterocycles. The Morgan fingerprint density at radius 2 is 1.90 bits per heavy atom. The van der Waals surface area contributed by atoms with E-state index in [0.29, 0.717) is 17.0 Å². The first kappa shape index (κ1) is 18.1. The van der Waals surface area contributed by atoms with Crippen LogP contribution in [0.3, 0.4) is 0 Å². The molecule has 0 bridgehead atoms. The lowest BCUT2D eigenvalue weighted by Gasteiger charge is -2.41. The summed E-state index contributed by atoms with van der Waals surface area (Å²) >= 11 is 0. The third-order valence-electron chi connectivity index (χ3n) is 5.38. The van der Waals surface area contributed by atoms with Crippen LogP contribution in [0.2, 0.25) is 0 Å². The number of carbonyl (C=O) groups is 1. The third kappa shape index (κ3) is 2.93. The van der Waals surface area contributed by atoms with E-state index < -0.39 is 0 Å². The van der Waals surface area contributed by atoms with Crippen LogP contribution in [0.1, 0.15) is 22.8 Å². The molecule has 0 saturated carbocycles. The van der Waals surface area contributed by atoms with Crippen molar-refractivity contribution in [2.24, 2.45) is 0 Å². The van der Waals surface area contributed by atoms with Gasteiger partial charge < -0.3 is 15.6 Å². The summed E-state index contributed by atoms with van der Waals surface area (Å²) in [6.45, 7) is 3.98. The number of nitrogens with one attached hydrogen (secondary N) is 3. The zero-order valence-electron chi connectivity index (χ0n) is 16.6. The molecule has 0 aliphatic carbocycles. The Labute approximate surface area is 173 Å². The summed E-state index contributed by atoms with van der Waals surface area (Å²) in [6, 6.07) is 15.4. The van der Waals surface area contributed by atoms with Crippen molar-refractivity contribution in [3.8, 4) is 0 Å². The predicted molar refractivity (Wildman–Crippen MR) is 117 cm³/mol. The van der Waals surface area contributed by atoms with Gasteiger partial charge in [0, 0.05) is 11.4 Å². The number of benzene rings is 2. The number of hydrogen-bond acceptors (Lipinski definition) is 6. The Balaban J connectivity index is 1.56. The summed E-state index contributed by atoms with van der Waals surface area (Å²) in [7, 11) is 0. The number of imidazole rings is 1. The lowest BCUT2D eigenvalue weighted by atomic mass is 9.99. The smallest absolute Gasteiger partial charge is 0.262 e. The number of rotatable bonds is 4. The number of hydrogen-bond donors (Lipinski definition) is 3. The second-order valence-electron chi connectivity index (χ2n) is 7.35. The van der Waals surface area contributed by atoms with Crippen molar-refractivity contribution in [2.75, 3.05) is 15.5 Å². The van der Waals surface area contributed by atoms with Crippen molar-refractivity contribution < 1.29 is 4.79 Å². The SMILES string of the molecule is Cc1cccc2c1C(=O)N(c1ccccc1)C(C(C)Nc1ncnc3nc[nH]c13)N2. The fourth-order valence-corrected chi connectivity index (χ4v) is 3.93. The minimum Gasteiger partial charge on any atom is -0.362 e. The van der Waals surface area contributed by atoms with E-state index in [1.165, 1.54) is 6.33 Å². The molecule has 8 heteroatoms. The van der Waals surface area contributed by atoms with Gasteiger partial charge in [-0.3, -0.25) is 9.69 Å². The van der Waals surface area contributed by atoms with Crippen LogP contribution in [0.15, 0.2) is 61.2 Å². The Kier molecular flexibility index (Phi) is 4.31. The van der Waals surface area contributed by atoms with E-state index in [2.05, 4.69) is 30.6 Å². The van der Waals surface area contributed by atoms with Crippen molar-refractivity contribution in [1.29, 1.82) is 0 Å². The van der Waals surface area contributed by atoms with Crippen molar-refractivity contribution in [3.63, 3.8) is 0 Å². The molecule has 3 N–H and O–H groups in total. The largest absolute Gasteiger partial charge is 0.362 e. The highest BCUT2D eigenvalue weighted by Crippen LogP contribution is 2.33. The molecule has 2 atom stereocenters. The van der Waals surface area contributed by atoms with Gasteiger partial charge in [0.15, 0.2) is 11.5 Å². The summed E-state index contributed by atoms with van der Waals surface area (Å²) in [5, 5.41) is 6.98. The van der Waals surface area contributed by atoms with Gasteiger partial charge >= 0.3 is 0 Å². The molecule has 8 nitrogen and oxygen atoms in total. The number of nitrogens with zero attached hydrogens (tertiary/aromatic N) is 4. The van der Waals surface area contributed by atoms with Crippen molar-refractivity contribution in [1.82, 2.24) is 19.9 Å². The van der Waals surface area contributed by atoms with Gasteiger partial charge in [0.05, 0.1) is 17.9 Å². The molecular formula is C22H21N7O. The highest BCUT2D eigenvalue weighted by molar-refractivity contribution is 6.13. The van der Waals surface area contributed by atoms with E-state index in [-0.39, 0.29) is 18.1 Å². The Hall–Kier alpha value is -3.94. The normalized spacial score (nSPS) is 16.8. The second kappa shape index (κ2) is 7.14. The van der Waals surface area contributed by atoms with E-state index in [1.54, 1.807) is 11.2 Å². The van der Waals surface area contributed by atoms with Crippen LogP contribution in [0.5, 0.6) is 0 Å². The number of fused-ring (bicyclic) bond motifs is 2. The molecule has 1 aliphatic rings. The fraction of sp³-hybridized carbons (Fsp3) is 0.182. The maximum atomic E-state index is 13.6. The number of aromatic nitrogens is 4. The first-order chi connectivity index (χ1) is 14.6. The predicted octanol–water partition coefficient (Wildman–Crippen LogP) is 3.56. The molecule has 3 heterocycles. The monoisotopic (exact) mass is 399 g/mol. The molecule has 1 amide bonds. The zero-order chi connectivity index (χ0) is 20.7. The van der Waals surface area contributed by atoms with Crippen LogP contribution in [-0.2, 0) is 0 Å². The number of carbonyl (C=O) groups excluding carboxylic acids is 1. The van der Waals surface area contributed by atoms with E-state index in [9.17, 15) is 4.79 Å². The van der Waals surface area contributed by atoms with Crippen LogP contribution in [-0.4, -0.2) is 38.1 Å². The lowest BCUT2D eigenvalue weighted by Crippen LogP contribution is -2.56. The van der Waals surface area contributed by atoms with Gasteiger partial charge in [-0.1, -0.05) is 30.3 Å². The number of anilines is 3. The van der Waals surface area contributed by atoms with Gasteiger partial charge in [-0.25, -0.2) is 15.0 Å². The van der Waals surface area contributed by atoms with Crippen LogP contribution in [0.25, 0.3) is 11.2 Å². The number of para-hydroxylation sites is 1. The van der Waals surface area contributed by atoms with Crippen LogP contribution in [0, 0.1) is 6.92 Å². The van der Waals surface area contributed by atoms with Crippen LogP contribution >= 0.6 is 0 Å². The van der Waals surface area contributed by atoms with E-state index in [0.717, 1.165) is 22.5 Å². The molecule has 0 saturated heterocycles. The molecule has 2 aromatic carbocycles. The molecule has 30 heavy (non-hydrogen) atoms. The molecule has 4 aromatic rings. The standard InChI is InChI=1S/C22H21N7O/c1-13-7-6-10-16-17(13)22(30)29(15-8-4-3-5-9-15)21(28-16)14(2)27-20-18-19(24-11-23-18)25-12-26-20/h3-12,14,21,28H,1-2H3,(H2,23,24,25,26,27). The van der Waals surface area contributed by atoms with Crippen LogP contribution in [0.4, 0.5) is 17.2 Å². The summed E-state index contributed by atoms with van der Waals surface area (Å²) in [5.74, 6) is 0.614. The molecule has 1 aliphatic heterocycles. The summed E-state index contributed by atoms with van der Waals surface area (Å²) in [6.07, 6.45) is 2.74. The van der Waals surface area contributed by atoms with Gasteiger partial charge in [0.2, 0.25) is 0 Å². The zero-order valence-corrected chi connectivity index (χ0v) is 16.6. The van der Waals surface area contributed by atoms with Gasteiger partial charge in [-0.2, -0.15) is 0 Å². The first-order valence-corrected chi connectivity index (χ1v) is 9.79. The van der Waals surface area contributed by atoms with E-state index in [1.807, 2.05) is 62.4 Å². The minimum absolute atomic E-state index is 0.0268. The molecule has 5 rings (SSSR count). The lowest BCUT2D eigenvalue weighted by molar-refractivity contribution is 0.0972. The summed E-state index contributed by atoms with van der Waals surface area (Å²) in [4.78, 5) is 31.2. The van der Waals surface area contributed by atoms with E-state index >= 15 is 0 Å². The van der Waals surface area contributed by atoms with Gasteiger partial charge in [0.25, 0.3) is 5.91 Å².